The fourth-order valence-corrected chi connectivity index (χ4v) is 4.92. The highest BCUT2D eigenvalue weighted by Gasteiger charge is 2.46. The van der Waals surface area contributed by atoms with Gasteiger partial charge in [0.05, 0.1) is 25.7 Å². The van der Waals surface area contributed by atoms with Crippen molar-refractivity contribution in [3.8, 4) is 11.5 Å². The number of phenols is 2. The second kappa shape index (κ2) is 5.53. The largest absolute Gasteiger partial charge is 0.504 e. The summed E-state index contributed by atoms with van der Waals surface area (Å²) in [6.45, 7) is 8.43. The number of quaternary nitrogens is 1. The molecule has 3 nitrogen and oxygen atoms in total. The summed E-state index contributed by atoms with van der Waals surface area (Å²) < 4.78 is 1.25. The molecule has 0 aromatic heterocycles. The normalized spacial score (nSPS) is 31.5. The Labute approximate surface area is 127 Å². The molecule has 1 saturated heterocycles. The van der Waals surface area contributed by atoms with E-state index in [1.54, 1.807) is 6.07 Å². The molecule has 0 amide bonds. The van der Waals surface area contributed by atoms with Gasteiger partial charge in [0, 0.05) is 17.9 Å². The molecule has 2 N–H and O–H groups in total. The SMILES string of the molecule is CCC[N+]1(CC)CCCC2Cc3c(ccc(O)c3O)CC21. The zero-order valence-electron chi connectivity index (χ0n) is 13.3. The van der Waals surface area contributed by atoms with Gasteiger partial charge in [-0.05, 0) is 44.2 Å². The van der Waals surface area contributed by atoms with Crippen LogP contribution in [-0.4, -0.2) is 40.4 Å². The monoisotopic (exact) mass is 290 g/mol. The van der Waals surface area contributed by atoms with Crippen molar-refractivity contribution in [3.05, 3.63) is 23.3 Å². The van der Waals surface area contributed by atoms with Crippen LogP contribution in [0.2, 0.25) is 0 Å². The minimum Gasteiger partial charge on any atom is -0.504 e. The van der Waals surface area contributed by atoms with Gasteiger partial charge in [0.25, 0.3) is 0 Å². The summed E-state index contributed by atoms with van der Waals surface area (Å²) in [7, 11) is 0. The minimum absolute atomic E-state index is 0.0350. The molecule has 1 fully saturated rings. The van der Waals surface area contributed by atoms with Crippen LogP contribution in [0.25, 0.3) is 0 Å². The van der Waals surface area contributed by atoms with Gasteiger partial charge in [0.1, 0.15) is 0 Å². The summed E-state index contributed by atoms with van der Waals surface area (Å²) >= 11 is 0. The molecule has 1 aromatic rings. The van der Waals surface area contributed by atoms with E-state index in [2.05, 4.69) is 13.8 Å². The first kappa shape index (κ1) is 14.7. The van der Waals surface area contributed by atoms with Crippen LogP contribution in [-0.2, 0) is 12.8 Å². The van der Waals surface area contributed by atoms with Crippen LogP contribution in [0.5, 0.6) is 11.5 Å². The molecule has 1 heterocycles. The zero-order valence-corrected chi connectivity index (χ0v) is 13.3. The van der Waals surface area contributed by atoms with E-state index in [1.807, 2.05) is 6.07 Å². The standard InChI is InChI=1S/C18H27NO2/c1-3-9-19(4-2)10-5-6-14-11-15-13(12-16(14)19)7-8-17(20)18(15)21/h7-8,14,16H,3-6,9-12H2,1-2H3,(H-,20,21)/p+1. The van der Waals surface area contributed by atoms with Crippen LogP contribution in [0.3, 0.4) is 0 Å². The predicted octanol–water partition coefficient (Wildman–Crippen LogP) is 3.22. The Morgan fingerprint density at radius 1 is 1.19 bits per heavy atom. The molecular formula is C18H28NO2+. The number of rotatable bonds is 3. The van der Waals surface area contributed by atoms with E-state index in [4.69, 9.17) is 0 Å². The number of hydrogen-bond donors (Lipinski definition) is 2. The summed E-state index contributed by atoms with van der Waals surface area (Å²) in [5, 5.41) is 19.9. The molecule has 3 unspecified atom stereocenters. The molecule has 3 atom stereocenters. The van der Waals surface area contributed by atoms with Crippen LogP contribution >= 0.6 is 0 Å². The van der Waals surface area contributed by atoms with E-state index in [9.17, 15) is 10.2 Å². The van der Waals surface area contributed by atoms with Crippen LogP contribution in [0, 0.1) is 5.92 Å². The van der Waals surface area contributed by atoms with E-state index in [0.29, 0.717) is 12.0 Å². The number of piperidine rings is 1. The molecule has 3 heteroatoms. The molecule has 0 saturated carbocycles. The minimum atomic E-state index is 0.0350. The maximum atomic E-state index is 10.2. The van der Waals surface area contributed by atoms with Crippen molar-refractivity contribution in [2.24, 2.45) is 5.92 Å². The molecule has 0 radical (unpaired) electrons. The third-order valence-corrected chi connectivity index (χ3v) is 5.98. The van der Waals surface area contributed by atoms with Gasteiger partial charge >= 0.3 is 0 Å². The second-order valence-electron chi connectivity index (χ2n) is 6.93. The first-order valence-electron chi connectivity index (χ1n) is 8.49. The van der Waals surface area contributed by atoms with Gasteiger partial charge in [-0.25, -0.2) is 0 Å². The Bertz CT molecular complexity index is 524. The molecular weight excluding hydrogens is 262 g/mol. The van der Waals surface area contributed by atoms with Gasteiger partial charge in [-0.2, -0.15) is 0 Å². The number of fused-ring (bicyclic) bond motifs is 2. The van der Waals surface area contributed by atoms with Crippen molar-refractivity contribution in [1.29, 1.82) is 0 Å². The molecule has 2 aliphatic rings. The van der Waals surface area contributed by atoms with Gasteiger partial charge in [-0.3, -0.25) is 0 Å². The van der Waals surface area contributed by atoms with E-state index in [0.717, 1.165) is 18.4 Å². The smallest absolute Gasteiger partial charge is 0.160 e. The van der Waals surface area contributed by atoms with Crippen molar-refractivity contribution in [1.82, 2.24) is 0 Å². The van der Waals surface area contributed by atoms with E-state index >= 15 is 0 Å². The first-order chi connectivity index (χ1) is 10.1. The van der Waals surface area contributed by atoms with Crippen molar-refractivity contribution >= 4 is 0 Å². The van der Waals surface area contributed by atoms with Crippen molar-refractivity contribution < 1.29 is 14.7 Å². The summed E-state index contributed by atoms with van der Waals surface area (Å²) in [6.07, 6.45) is 5.79. The topological polar surface area (TPSA) is 40.5 Å². The highest BCUT2D eigenvalue weighted by Crippen LogP contribution is 2.43. The summed E-state index contributed by atoms with van der Waals surface area (Å²) in [6, 6.07) is 4.36. The van der Waals surface area contributed by atoms with Crippen molar-refractivity contribution in [3.63, 3.8) is 0 Å². The summed E-state index contributed by atoms with van der Waals surface area (Å²) in [5.74, 6) is 0.819. The zero-order chi connectivity index (χ0) is 15.0. The lowest BCUT2D eigenvalue weighted by molar-refractivity contribution is -0.958. The van der Waals surface area contributed by atoms with Crippen LogP contribution < -0.4 is 0 Å². The predicted molar refractivity (Wildman–Crippen MR) is 84.5 cm³/mol. The van der Waals surface area contributed by atoms with Gasteiger partial charge in [-0.1, -0.05) is 13.0 Å². The fraction of sp³-hybridized carbons (Fsp3) is 0.667. The van der Waals surface area contributed by atoms with Gasteiger partial charge in [-0.15, -0.1) is 0 Å². The summed E-state index contributed by atoms with van der Waals surface area (Å²) in [4.78, 5) is 0. The Kier molecular flexibility index (Phi) is 3.87. The number of likely N-dealkylation sites (N-methyl/N-ethyl adjacent to an activating group) is 1. The molecule has 3 rings (SSSR count). The van der Waals surface area contributed by atoms with Crippen LogP contribution in [0.1, 0.15) is 44.2 Å². The Morgan fingerprint density at radius 2 is 2.00 bits per heavy atom. The Hall–Kier alpha value is -1.22. The number of nitrogens with zero attached hydrogens (tertiary/aromatic N) is 1. The van der Waals surface area contributed by atoms with Gasteiger partial charge in [0.2, 0.25) is 0 Å². The summed E-state index contributed by atoms with van der Waals surface area (Å²) in [5.41, 5.74) is 2.25. The lowest BCUT2D eigenvalue weighted by atomic mass is 9.73. The maximum Gasteiger partial charge on any atom is 0.160 e. The average molecular weight is 290 g/mol. The third kappa shape index (κ3) is 2.32. The van der Waals surface area contributed by atoms with Crippen LogP contribution in [0.15, 0.2) is 12.1 Å². The highest BCUT2D eigenvalue weighted by atomic mass is 16.3. The lowest BCUT2D eigenvalue weighted by Crippen LogP contribution is -2.63. The average Bonchev–Trinajstić information content (AvgIpc) is 2.50. The maximum absolute atomic E-state index is 10.2. The number of likely N-dealkylation sites (tertiary alicyclic amines) is 1. The number of hydrogen-bond acceptors (Lipinski definition) is 2. The van der Waals surface area contributed by atoms with E-state index in [-0.39, 0.29) is 11.5 Å². The van der Waals surface area contributed by atoms with Crippen molar-refractivity contribution in [2.45, 2.75) is 52.0 Å². The third-order valence-electron chi connectivity index (χ3n) is 5.98. The number of aromatic hydroxyl groups is 2. The first-order valence-corrected chi connectivity index (χ1v) is 8.49. The number of phenolic OH excluding ortho intramolecular Hbond substituents is 2. The molecule has 21 heavy (non-hydrogen) atoms. The Balaban J connectivity index is 1.97. The molecule has 116 valence electrons. The molecule has 1 aromatic carbocycles. The fourth-order valence-electron chi connectivity index (χ4n) is 4.92. The van der Waals surface area contributed by atoms with E-state index < -0.39 is 0 Å². The quantitative estimate of drug-likeness (QED) is 0.663. The highest BCUT2D eigenvalue weighted by molar-refractivity contribution is 5.50. The lowest BCUT2D eigenvalue weighted by Gasteiger charge is -2.52. The second-order valence-corrected chi connectivity index (χ2v) is 6.93. The molecule has 0 bridgehead atoms. The van der Waals surface area contributed by atoms with Gasteiger partial charge < -0.3 is 14.7 Å². The van der Waals surface area contributed by atoms with Crippen molar-refractivity contribution in [2.75, 3.05) is 19.6 Å². The Morgan fingerprint density at radius 3 is 2.71 bits per heavy atom. The molecule has 1 aliphatic carbocycles. The number of benzene rings is 1. The van der Waals surface area contributed by atoms with Crippen LogP contribution in [0.4, 0.5) is 0 Å². The van der Waals surface area contributed by atoms with Gasteiger partial charge in [0.15, 0.2) is 11.5 Å². The van der Waals surface area contributed by atoms with E-state index in [1.165, 1.54) is 48.9 Å². The molecule has 0 spiro atoms. The molecule has 1 aliphatic heterocycles.